The van der Waals surface area contributed by atoms with E-state index >= 15 is 35.1 Å². The minimum atomic E-state index is -7.22. The molecule has 0 amide bonds. The number of aryl methyl sites for hydroxylation is 1. The van der Waals surface area contributed by atoms with Gasteiger partial charge in [-0.15, -0.1) is 21.9 Å². The Balaban J connectivity index is 0.000000366. The van der Waals surface area contributed by atoms with Crippen LogP contribution in [0.3, 0.4) is 0 Å². The van der Waals surface area contributed by atoms with Crippen LogP contribution in [0, 0.1) is 123 Å². The van der Waals surface area contributed by atoms with Crippen LogP contribution in [-0.4, -0.2) is 12.4 Å². The van der Waals surface area contributed by atoms with Gasteiger partial charge in [0.25, 0.3) is 0 Å². The van der Waals surface area contributed by atoms with Crippen LogP contribution >= 0.6 is 0 Å². The van der Waals surface area contributed by atoms with E-state index in [0.29, 0.717) is 10.9 Å². The third kappa shape index (κ3) is 7.45. The topological polar surface area (TPSA) is 0 Å². The molecule has 61 heavy (non-hydrogen) atoms. The van der Waals surface area contributed by atoms with Gasteiger partial charge in [0.1, 0.15) is 64.7 Å². The molecule has 0 aliphatic carbocycles. The van der Waals surface area contributed by atoms with E-state index in [4.69, 9.17) is 0 Å². The molecule has 322 valence electrons. The Morgan fingerprint density at radius 2 is 0.557 bits per heavy atom. The highest BCUT2D eigenvalue weighted by Gasteiger charge is 2.52. The lowest BCUT2D eigenvalue weighted by molar-refractivity contribution is 0.378. The third-order valence-corrected chi connectivity index (χ3v) is 11.3. The van der Waals surface area contributed by atoms with E-state index < -0.39 is 144 Å². The van der Waals surface area contributed by atoms with Gasteiger partial charge >= 0.3 is 0 Å². The summed E-state index contributed by atoms with van der Waals surface area (Å²) in [6.07, 6.45) is -4.90. The van der Waals surface area contributed by atoms with E-state index in [2.05, 4.69) is 67.8 Å². The van der Waals surface area contributed by atoms with Crippen molar-refractivity contribution in [3.8, 4) is 0 Å². The molecule has 0 spiro atoms. The summed E-state index contributed by atoms with van der Waals surface area (Å²) in [5.41, 5.74) is -11.5. The Morgan fingerprint density at radius 3 is 0.820 bits per heavy atom. The summed E-state index contributed by atoms with van der Waals surface area (Å²) < 4.78 is 294. The van der Waals surface area contributed by atoms with Gasteiger partial charge in [0.2, 0.25) is 0 Å². The van der Waals surface area contributed by atoms with Crippen LogP contribution in [0.1, 0.15) is 11.1 Å². The summed E-state index contributed by atoms with van der Waals surface area (Å²) in [5.74, 6) is -70.3. The number of hydrogen-bond donors (Lipinski definition) is 0. The van der Waals surface area contributed by atoms with Crippen LogP contribution < -0.4 is 21.9 Å². The van der Waals surface area contributed by atoms with Crippen molar-refractivity contribution in [3.63, 3.8) is 0 Å². The summed E-state index contributed by atoms with van der Waals surface area (Å²) in [4.78, 5) is 1.45. The Bertz CT molecular complexity index is 2320. The van der Waals surface area contributed by atoms with Gasteiger partial charge in [-0.25, -0.2) is 87.8 Å². The lowest BCUT2D eigenvalue weighted by Gasteiger charge is -2.44. The minimum absolute atomic E-state index is 0.305. The molecule has 22 heteroatoms. The molecule has 0 heterocycles. The Hall–Kier alpha value is -5.67. The van der Waals surface area contributed by atoms with Gasteiger partial charge in [-0.1, -0.05) is 42.5 Å². The Labute approximate surface area is 332 Å². The molecule has 0 nitrogen and oxygen atoms in total. The second kappa shape index (κ2) is 17.4. The maximum absolute atomic E-state index is 15.4. The molecule has 0 fully saturated rings. The van der Waals surface area contributed by atoms with Crippen LogP contribution in [0.2, 0.25) is 0 Å². The predicted octanol–water partition coefficient (Wildman–Crippen LogP) is 9.65. The fraction of sp³-hybridized carbons (Fsp3) is 0.0769. The maximum atomic E-state index is 15.4. The van der Waals surface area contributed by atoms with Crippen molar-refractivity contribution in [2.24, 2.45) is 0 Å². The molecule has 6 rings (SSSR count). The fourth-order valence-electron chi connectivity index (χ4n) is 6.62. The second-order valence-corrected chi connectivity index (χ2v) is 14.9. The molecule has 6 aromatic rings. The average molecular weight is 908 g/mol. The molecule has 0 saturated heterocycles. The van der Waals surface area contributed by atoms with Crippen molar-refractivity contribution in [1.82, 2.24) is 0 Å². The van der Waals surface area contributed by atoms with Crippen molar-refractivity contribution >= 4 is 38.9 Å². The summed E-state index contributed by atoms with van der Waals surface area (Å²) in [5, 5.41) is 0. The first-order chi connectivity index (χ1) is 28.5. The second-order valence-electron chi connectivity index (χ2n) is 12.8. The molecule has 0 aliphatic rings. The molecule has 0 aromatic heterocycles. The summed E-state index contributed by atoms with van der Waals surface area (Å²) in [6, 6.07) is 19.4. The average Bonchev–Trinajstić information content (AvgIpc) is 3.24. The van der Waals surface area contributed by atoms with E-state index in [1.165, 1.54) is 16.0 Å². The smallest absolute Gasteiger partial charge is 0.200 e. The van der Waals surface area contributed by atoms with Gasteiger partial charge in [0.15, 0.2) is 74.7 Å². The fourth-order valence-corrected chi connectivity index (χ4v) is 8.19. The molecule has 0 bridgehead atoms. The maximum Gasteiger partial charge on any atom is 0.200 e. The molecule has 0 saturated carbocycles. The van der Waals surface area contributed by atoms with E-state index in [1.54, 1.807) is 0 Å². The third-order valence-electron chi connectivity index (χ3n) is 9.49. The van der Waals surface area contributed by atoms with Crippen molar-refractivity contribution in [2.45, 2.75) is 17.6 Å². The standard InChI is InChI=1S/C24BF20.C15H17S/c26-5-1(6(27)14(35)21(42)13(5)34)25(2-7(28)15(36)22(43)16(37)8(2)29,3-9(30)17(38)23(44)18(39)10(3)31)4-11(32)19(40)24(45)20(41)12(4)33;1-13-8-6-7-9-14(13)12-16(2)15-10-4-3-5-11-15/h;3-11H,12H2,1-2H3/q-1;+1. The molecular formula is C39H17BF20S. The van der Waals surface area contributed by atoms with Crippen LogP contribution in [0.4, 0.5) is 87.8 Å². The Kier molecular flexibility index (Phi) is 13.2. The van der Waals surface area contributed by atoms with Crippen molar-refractivity contribution in [2.75, 3.05) is 6.26 Å². The number of rotatable bonds is 7. The normalized spacial score (nSPS) is 12.1. The molecular weight excluding hydrogens is 891 g/mol. The minimum Gasteiger partial charge on any atom is -0.207 e. The summed E-state index contributed by atoms with van der Waals surface area (Å²) >= 11 is 0. The van der Waals surface area contributed by atoms with E-state index in [0.717, 1.165) is 5.75 Å². The molecule has 0 aliphatic heterocycles. The van der Waals surface area contributed by atoms with Crippen molar-refractivity contribution in [1.29, 1.82) is 0 Å². The first-order valence-electron chi connectivity index (χ1n) is 16.4. The largest absolute Gasteiger partial charge is 0.207 e. The van der Waals surface area contributed by atoms with Crippen LogP contribution in [0.15, 0.2) is 59.5 Å². The van der Waals surface area contributed by atoms with Crippen LogP contribution in [0.25, 0.3) is 0 Å². The Morgan fingerprint density at radius 1 is 0.328 bits per heavy atom. The number of halogens is 20. The SMILES string of the molecule is Cc1ccccc1C[S+](C)c1ccccc1.Fc1c(F)c(F)c([B-](c2c(F)c(F)c(F)c(F)c2F)(c2c(F)c(F)c(F)c(F)c2F)c2c(F)c(F)c(F)c(F)c2F)c(F)c1F. The summed E-state index contributed by atoms with van der Waals surface area (Å²) in [6.45, 7) is 2.19. The molecule has 1 unspecified atom stereocenters. The highest BCUT2D eigenvalue weighted by molar-refractivity contribution is 7.95. The number of benzene rings is 6. The highest BCUT2D eigenvalue weighted by Crippen LogP contribution is 2.31. The summed E-state index contributed by atoms with van der Waals surface area (Å²) in [7, 11) is 0.305. The van der Waals surface area contributed by atoms with Gasteiger partial charge in [-0.2, -0.15) is 0 Å². The van der Waals surface area contributed by atoms with Gasteiger partial charge in [0.05, 0.1) is 0 Å². The van der Waals surface area contributed by atoms with Gasteiger partial charge in [-0.05, 0) is 24.6 Å². The first kappa shape index (κ1) is 46.4. The zero-order valence-electron chi connectivity index (χ0n) is 29.9. The molecule has 1 atom stereocenters. The number of hydrogen-bond acceptors (Lipinski definition) is 0. The van der Waals surface area contributed by atoms with Crippen LogP contribution in [-0.2, 0) is 16.6 Å². The van der Waals surface area contributed by atoms with E-state index in [1.807, 2.05) is 0 Å². The first-order valence-corrected chi connectivity index (χ1v) is 18.2. The lowest BCUT2D eigenvalue weighted by atomic mass is 9.12. The zero-order chi connectivity index (χ0) is 45.7. The molecule has 6 aromatic carbocycles. The molecule has 0 radical (unpaired) electrons. The zero-order valence-corrected chi connectivity index (χ0v) is 30.8. The monoisotopic (exact) mass is 908 g/mol. The van der Waals surface area contributed by atoms with Crippen molar-refractivity contribution < 1.29 is 87.8 Å². The molecule has 0 N–H and O–H groups in total. The quantitative estimate of drug-likeness (QED) is 0.0493. The van der Waals surface area contributed by atoms with Gasteiger partial charge < -0.3 is 0 Å². The van der Waals surface area contributed by atoms with Crippen LogP contribution in [0.5, 0.6) is 0 Å². The van der Waals surface area contributed by atoms with E-state index in [-0.39, 0.29) is 0 Å². The van der Waals surface area contributed by atoms with Gasteiger partial charge in [0, 0.05) is 16.5 Å². The predicted molar refractivity (Wildman–Crippen MR) is 182 cm³/mol. The van der Waals surface area contributed by atoms with Crippen molar-refractivity contribution in [3.05, 3.63) is 182 Å². The van der Waals surface area contributed by atoms with Gasteiger partial charge in [-0.3, -0.25) is 0 Å². The lowest BCUT2D eigenvalue weighted by Crippen LogP contribution is -2.81. The highest BCUT2D eigenvalue weighted by atomic mass is 32.2. The van der Waals surface area contributed by atoms with E-state index in [9.17, 15) is 52.7 Å².